The van der Waals surface area contributed by atoms with Crippen molar-refractivity contribution in [3.63, 3.8) is 0 Å². The van der Waals surface area contributed by atoms with E-state index in [1.165, 1.54) is 0 Å². The van der Waals surface area contributed by atoms with Crippen LogP contribution in [0.2, 0.25) is 0 Å². The number of aliphatic hydroxyl groups is 3. The van der Waals surface area contributed by atoms with Crippen molar-refractivity contribution in [2.75, 3.05) is 26.2 Å². The first kappa shape index (κ1) is 14.2. The van der Waals surface area contributed by atoms with E-state index in [4.69, 9.17) is 0 Å². The Kier molecular flexibility index (Phi) is 5.10. The molecule has 19 heavy (non-hydrogen) atoms. The van der Waals surface area contributed by atoms with Crippen LogP contribution in [0.5, 0.6) is 0 Å². The lowest BCUT2D eigenvalue weighted by Crippen LogP contribution is -2.53. The van der Waals surface area contributed by atoms with Gasteiger partial charge in [0.1, 0.15) is 0 Å². The van der Waals surface area contributed by atoms with E-state index in [0.717, 1.165) is 5.56 Å². The summed E-state index contributed by atoms with van der Waals surface area (Å²) in [4.78, 5) is 2.04. The summed E-state index contributed by atoms with van der Waals surface area (Å²) in [5, 5.41) is 28.6. The van der Waals surface area contributed by atoms with E-state index in [2.05, 4.69) is 0 Å². The van der Waals surface area contributed by atoms with Crippen molar-refractivity contribution >= 4 is 6.08 Å². The summed E-state index contributed by atoms with van der Waals surface area (Å²) in [5.41, 5.74) is 1.14. The van der Waals surface area contributed by atoms with Gasteiger partial charge in [-0.3, -0.25) is 4.90 Å². The Hall–Kier alpha value is -1.20. The van der Waals surface area contributed by atoms with Gasteiger partial charge >= 0.3 is 0 Å². The van der Waals surface area contributed by atoms with Gasteiger partial charge in [-0.1, -0.05) is 42.5 Å². The van der Waals surface area contributed by atoms with Crippen LogP contribution in [0.3, 0.4) is 0 Å². The van der Waals surface area contributed by atoms with Crippen LogP contribution in [0.25, 0.3) is 6.08 Å². The Morgan fingerprint density at radius 3 is 2.58 bits per heavy atom. The lowest BCUT2D eigenvalue weighted by Gasteiger charge is -2.38. The monoisotopic (exact) mass is 263 g/mol. The summed E-state index contributed by atoms with van der Waals surface area (Å²) >= 11 is 0. The van der Waals surface area contributed by atoms with Gasteiger partial charge < -0.3 is 15.3 Å². The fraction of sp³-hybridized carbons (Fsp3) is 0.467. The zero-order valence-electron chi connectivity index (χ0n) is 10.9. The van der Waals surface area contributed by atoms with E-state index in [0.29, 0.717) is 19.6 Å². The summed E-state index contributed by atoms with van der Waals surface area (Å²) < 4.78 is 0. The van der Waals surface area contributed by atoms with E-state index >= 15 is 0 Å². The Balaban J connectivity index is 1.88. The number of rotatable bonds is 4. The van der Waals surface area contributed by atoms with Crippen LogP contribution in [-0.2, 0) is 0 Å². The quantitative estimate of drug-likeness (QED) is 0.733. The molecule has 0 bridgehead atoms. The average Bonchev–Trinajstić information content (AvgIpc) is 2.43. The van der Waals surface area contributed by atoms with Gasteiger partial charge in [-0.05, 0) is 5.56 Å². The van der Waals surface area contributed by atoms with Crippen molar-refractivity contribution in [2.24, 2.45) is 5.92 Å². The average molecular weight is 263 g/mol. The number of hydrogen-bond donors (Lipinski definition) is 3. The Bertz CT molecular complexity index is 407. The van der Waals surface area contributed by atoms with Crippen molar-refractivity contribution in [3.05, 3.63) is 42.0 Å². The molecule has 1 aliphatic rings. The number of β-amino-alcohol motifs (C(OH)–C–C–N with tert-alkyl or cyclic N) is 1. The molecule has 0 aliphatic carbocycles. The molecule has 1 fully saturated rings. The van der Waals surface area contributed by atoms with E-state index in [-0.39, 0.29) is 12.5 Å². The molecule has 1 heterocycles. The molecule has 1 aromatic carbocycles. The van der Waals surface area contributed by atoms with Gasteiger partial charge in [0.2, 0.25) is 0 Å². The van der Waals surface area contributed by atoms with E-state index in [9.17, 15) is 15.3 Å². The summed E-state index contributed by atoms with van der Waals surface area (Å²) in [6, 6.07) is 10.0. The number of aliphatic hydroxyl groups excluding tert-OH is 3. The SMILES string of the molecule is OC[C@H]1CN(C/C=C/c2ccccc2)C[C@@H](O)[C@@H]1O. The highest BCUT2D eigenvalue weighted by Crippen LogP contribution is 2.17. The fourth-order valence-corrected chi connectivity index (χ4v) is 2.42. The lowest BCUT2D eigenvalue weighted by molar-refractivity contribution is -0.0835. The van der Waals surface area contributed by atoms with Crippen molar-refractivity contribution in [1.29, 1.82) is 0 Å². The van der Waals surface area contributed by atoms with E-state index < -0.39 is 12.2 Å². The molecular weight excluding hydrogens is 242 g/mol. The Morgan fingerprint density at radius 2 is 1.89 bits per heavy atom. The molecule has 3 atom stereocenters. The maximum Gasteiger partial charge on any atom is 0.0929 e. The van der Waals surface area contributed by atoms with E-state index in [1.54, 1.807) is 0 Å². The molecule has 0 aromatic heterocycles. The fourth-order valence-electron chi connectivity index (χ4n) is 2.42. The third-order valence-corrected chi connectivity index (χ3v) is 3.52. The van der Waals surface area contributed by atoms with Gasteiger partial charge in [0.05, 0.1) is 12.2 Å². The molecule has 3 N–H and O–H groups in total. The number of hydrogen-bond acceptors (Lipinski definition) is 4. The van der Waals surface area contributed by atoms with E-state index in [1.807, 2.05) is 47.4 Å². The highest BCUT2D eigenvalue weighted by molar-refractivity contribution is 5.48. The molecule has 0 saturated carbocycles. The molecular formula is C15H21NO3. The zero-order valence-corrected chi connectivity index (χ0v) is 10.9. The highest BCUT2D eigenvalue weighted by atomic mass is 16.3. The van der Waals surface area contributed by atoms with Gasteiger partial charge in [0.15, 0.2) is 0 Å². The van der Waals surface area contributed by atoms with Gasteiger partial charge in [0, 0.05) is 32.2 Å². The standard InChI is InChI=1S/C15H21NO3/c17-11-13-9-16(10-14(18)15(13)19)8-4-7-12-5-2-1-3-6-12/h1-7,13-15,17-19H,8-11H2/b7-4+/t13-,14-,15-/m1/s1. The lowest BCUT2D eigenvalue weighted by atomic mass is 9.93. The second-order valence-electron chi connectivity index (χ2n) is 5.03. The Labute approximate surface area is 113 Å². The topological polar surface area (TPSA) is 63.9 Å². The highest BCUT2D eigenvalue weighted by Gasteiger charge is 2.33. The minimum Gasteiger partial charge on any atom is -0.396 e. The summed E-state index contributed by atoms with van der Waals surface area (Å²) in [7, 11) is 0. The number of nitrogens with zero attached hydrogens (tertiary/aromatic N) is 1. The molecule has 4 nitrogen and oxygen atoms in total. The van der Waals surface area contributed by atoms with Gasteiger partial charge in [-0.15, -0.1) is 0 Å². The Morgan fingerprint density at radius 1 is 1.16 bits per heavy atom. The predicted molar refractivity (Wildman–Crippen MR) is 74.5 cm³/mol. The second kappa shape index (κ2) is 6.82. The molecule has 1 aromatic rings. The summed E-state index contributed by atoms with van der Waals surface area (Å²) in [6.45, 7) is 1.65. The van der Waals surface area contributed by atoms with Crippen molar-refractivity contribution in [1.82, 2.24) is 4.90 Å². The molecule has 0 radical (unpaired) electrons. The summed E-state index contributed by atoms with van der Waals surface area (Å²) in [6.07, 6.45) is 2.47. The van der Waals surface area contributed by atoms with Gasteiger partial charge in [0.25, 0.3) is 0 Å². The van der Waals surface area contributed by atoms with Crippen LogP contribution in [0, 0.1) is 5.92 Å². The van der Waals surface area contributed by atoms with Gasteiger partial charge in [-0.2, -0.15) is 0 Å². The predicted octanol–water partition coefficient (Wildman–Crippen LogP) is 0.346. The van der Waals surface area contributed by atoms with Crippen LogP contribution in [0.1, 0.15) is 5.56 Å². The maximum atomic E-state index is 9.74. The smallest absolute Gasteiger partial charge is 0.0929 e. The number of piperidine rings is 1. The molecule has 4 heteroatoms. The normalized spacial score (nSPS) is 28.9. The van der Waals surface area contributed by atoms with Crippen LogP contribution in [-0.4, -0.2) is 58.7 Å². The van der Waals surface area contributed by atoms with Crippen molar-refractivity contribution in [2.45, 2.75) is 12.2 Å². The first-order chi connectivity index (χ1) is 9.20. The van der Waals surface area contributed by atoms with Crippen LogP contribution >= 0.6 is 0 Å². The largest absolute Gasteiger partial charge is 0.396 e. The number of likely N-dealkylation sites (tertiary alicyclic amines) is 1. The molecule has 0 amide bonds. The molecule has 1 saturated heterocycles. The third kappa shape index (κ3) is 3.88. The van der Waals surface area contributed by atoms with Crippen LogP contribution in [0.4, 0.5) is 0 Å². The molecule has 1 aliphatic heterocycles. The zero-order chi connectivity index (χ0) is 13.7. The molecule has 0 spiro atoms. The number of benzene rings is 1. The molecule has 0 unspecified atom stereocenters. The first-order valence-electron chi connectivity index (χ1n) is 6.61. The van der Waals surface area contributed by atoms with Crippen molar-refractivity contribution < 1.29 is 15.3 Å². The third-order valence-electron chi connectivity index (χ3n) is 3.52. The molecule has 104 valence electrons. The molecule has 2 rings (SSSR count). The maximum absolute atomic E-state index is 9.74. The van der Waals surface area contributed by atoms with Gasteiger partial charge in [-0.25, -0.2) is 0 Å². The second-order valence-corrected chi connectivity index (χ2v) is 5.03. The van der Waals surface area contributed by atoms with Crippen LogP contribution < -0.4 is 0 Å². The minimum absolute atomic E-state index is 0.100. The minimum atomic E-state index is -0.820. The van der Waals surface area contributed by atoms with Crippen LogP contribution in [0.15, 0.2) is 36.4 Å². The summed E-state index contributed by atoms with van der Waals surface area (Å²) in [5.74, 6) is -0.270. The van der Waals surface area contributed by atoms with Crippen molar-refractivity contribution in [3.8, 4) is 0 Å². The first-order valence-corrected chi connectivity index (χ1v) is 6.61.